The van der Waals surface area contributed by atoms with E-state index in [0.29, 0.717) is 0 Å². The van der Waals surface area contributed by atoms with Crippen molar-refractivity contribution in [1.82, 2.24) is 0 Å². The molecule has 0 spiro atoms. The molecule has 2 unspecified atom stereocenters. The van der Waals surface area contributed by atoms with Gasteiger partial charge in [-0.3, -0.25) is 9.59 Å². The predicted molar refractivity (Wildman–Crippen MR) is 39.4 cm³/mol. The molecule has 5 heteroatoms. The van der Waals surface area contributed by atoms with Gasteiger partial charge in [-0.1, -0.05) is 6.92 Å². The summed E-state index contributed by atoms with van der Waals surface area (Å²) in [6.07, 6.45) is -2.78. The molecule has 0 saturated carbocycles. The fraction of sp³-hybridized carbons (Fsp3) is 0.714. The van der Waals surface area contributed by atoms with E-state index in [1.165, 1.54) is 0 Å². The smallest absolute Gasteiger partial charge is 0.231 e. The normalized spacial score (nSPS) is 15.3. The van der Waals surface area contributed by atoms with E-state index in [9.17, 15) is 9.59 Å². The molecule has 0 rings (SSSR count). The second-order valence-electron chi connectivity index (χ2n) is 2.37. The highest BCUT2D eigenvalue weighted by Gasteiger charge is 2.27. The van der Waals surface area contributed by atoms with E-state index < -0.39 is 30.4 Å². The Morgan fingerprint density at radius 2 is 1.83 bits per heavy atom. The Morgan fingerprint density at radius 1 is 1.33 bits per heavy atom. The minimum Gasteiger partial charge on any atom is -0.390 e. The second kappa shape index (κ2) is 4.97. The van der Waals surface area contributed by atoms with Gasteiger partial charge in [0.05, 0.1) is 6.10 Å². The highest BCUT2D eigenvalue weighted by molar-refractivity contribution is 6.39. The van der Waals surface area contributed by atoms with Crippen LogP contribution in [-0.2, 0) is 9.59 Å². The predicted octanol–water partition coefficient (Wildman–Crippen LogP) is -1.75. The van der Waals surface area contributed by atoms with Crippen molar-refractivity contribution in [1.29, 1.82) is 0 Å². The molecule has 0 amide bonds. The van der Waals surface area contributed by atoms with Crippen LogP contribution in [0.5, 0.6) is 0 Å². The van der Waals surface area contributed by atoms with Crippen LogP contribution in [0, 0.1) is 0 Å². The third kappa shape index (κ3) is 2.69. The molecule has 0 aliphatic heterocycles. The van der Waals surface area contributed by atoms with Gasteiger partial charge < -0.3 is 15.3 Å². The number of Topliss-reactive ketones (excluding diaryl/α,β-unsaturated/α-hetero) is 2. The van der Waals surface area contributed by atoms with Crippen LogP contribution in [0.2, 0.25) is 0 Å². The Labute approximate surface area is 69.6 Å². The molecule has 0 aromatic carbocycles. The summed E-state index contributed by atoms with van der Waals surface area (Å²) in [5.74, 6) is -2.23. The second-order valence-corrected chi connectivity index (χ2v) is 2.37. The van der Waals surface area contributed by atoms with E-state index in [4.69, 9.17) is 15.3 Å². The van der Waals surface area contributed by atoms with Gasteiger partial charge in [0.15, 0.2) is 0 Å². The zero-order chi connectivity index (χ0) is 9.72. The summed E-state index contributed by atoms with van der Waals surface area (Å²) in [5, 5.41) is 26.1. The number of hydrogen-bond donors (Lipinski definition) is 3. The van der Waals surface area contributed by atoms with E-state index >= 15 is 0 Å². The lowest BCUT2D eigenvalue weighted by Gasteiger charge is -2.12. The van der Waals surface area contributed by atoms with Gasteiger partial charge in [-0.15, -0.1) is 0 Å². The summed E-state index contributed by atoms with van der Waals surface area (Å²) in [5.41, 5.74) is 0. The van der Waals surface area contributed by atoms with Crippen molar-refractivity contribution < 1.29 is 24.9 Å². The van der Waals surface area contributed by atoms with Gasteiger partial charge in [0.1, 0.15) is 12.7 Å². The minimum atomic E-state index is -1.71. The molecule has 0 fully saturated rings. The summed E-state index contributed by atoms with van der Waals surface area (Å²) in [4.78, 5) is 21.3. The lowest BCUT2D eigenvalue weighted by atomic mass is 10.0. The number of hydrogen-bond acceptors (Lipinski definition) is 5. The van der Waals surface area contributed by atoms with Gasteiger partial charge in [-0.05, 0) is 6.42 Å². The number of carbonyl (C=O) groups excluding carboxylic acids is 2. The Morgan fingerprint density at radius 3 is 2.17 bits per heavy atom. The van der Waals surface area contributed by atoms with Crippen molar-refractivity contribution in [2.75, 3.05) is 6.61 Å². The van der Waals surface area contributed by atoms with Crippen molar-refractivity contribution >= 4 is 11.6 Å². The zero-order valence-corrected chi connectivity index (χ0v) is 6.73. The zero-order valence-electron chi connectivity index (χ0n) is 6.73. The summed E-state index contributed by atoms with van der Waals surface area (Å²) in [6, 6.07) is 0. The topological polar surface area (TPSA) is 94.8 Å². The number of ketones is 2. The molecule has 0 bridgehead atoms. The van der Waals surface area contributed by atoms with Crippen molar-refractivity contribution in [3.63, 3.8) is 0 Å². The number of aliphatic hydroxyl groups excluding tert-OH is 3. The van der Waals surface area contributed by atoms with Crippen LogP contribution in [0.1, 0.15) is 13.3 Å². The summed E-state index contributed by atoms with van der Waals surface area (Å²) in [6.45, 7) is 0.622. The molecule has 0 saturated heterocycles. The van der Waals surface area contributed by atoms with Crippen LogP contribution in [0.4, 0.5) is 0 Å². The average Bonchev–Trinajstić information content (AvgIpc) is 2.12. The number of rotatable bonds is 5. The molecule has 0 heterocycles. The molecule has 2 atom stereocenters. The molecule has 3 N–H and O–H groups in total. The molecule has 0 aromatic rings. The maximum absolute atomic E-state index is 10.8. The van der Waals surface area contributed by atoms with Crippen LogP contribution in [0.25, 0.3) is 0 Å². The molecular formula is C7H12O5. The van der Waals surface area contributed by atoms with Crippen molar-refractivity contribution in [3.8, 4) is 0 Å². The molecule has 0 aliphatic carbocycles. The molecule has 0 aromatic heterocycles. The van der Waals surface area contributed by atoms with E-state index in [1.807, 2.05) is 0 Å². The van der Waals surface area contributed by atoms with Gasteiger partial charge in [-0.25, -0.2) is 0 Å². The Hall–Kier alpha value is -0.780. The van der Waals surface area contributed by atoms with Crippen molar-refractivity contribution in [3.05, 3.63) is 0 Å². The van der Waals surface area contributed by atoms with E-state index in [0.717, 1.165) is 0 Å². The molecule has 12 heavy (non-hydrogen) atoms. The first-order valence-corrected chi connectivity index (χ1v) is 3.58. The van der Waals surface area contributed by atoms with Gasteiger partial charge in [0.2, 0.25) is 11.6 Å². The van der Waals surface area contributed by atoms with Crippen molar-refractivity contribution in [2.45, 2.75) is 25.6 Å². The first kappa shape index (κ1) is 11.2. The molecule has 0 aliphatic rings. The third-order valence-corrected chi connectivity index (χ3v) is 1.47. The first-order valence-electron chi connectivity index (χ1n) is 3.58. The standard InChI is InChI=1S/C7H12O5/c1-2-4(9)6(11)7(12)5(10)3-8/h4,6,8-9,11H,2-3H2,1H3. The maximum atomic E-state index is 10.8. The molecule has 5 nitrogen and oxygen atoms in total. The Bertz CT molecular complexity index is 177. The lowest BCUT2D eigenvalue weighted by molar-refractivity contribution is -0.146. The quantitative estimate of drug-likeness (QED) is 0.432. The first-order chi connectivity index (χ1) is 5.54. The van der Waals surface area contributed by atoms with E-state index in [-0.39, 0.29) is 6.42 Å². The highest BCUT2D eigenvalue weighted by Crippen LogP contribution is 1.99. The lowest BCUT2D eigenvalue weighted by Crippen LogP contribution is -2.39. The van der Waals surface area contributed by atoms with Crippen LogP contribution in [0.3, 0.4) is 0 Å². The summed E-state index contributed by atoms with van der Waals surface area (Å²) < 4.78 is 0. The van der Waals surface area contributed by atoms with Gasteiger partial charge in [0.25, 0.3) is 0 Å². The van der Waals surface area contributed by atoms with Gasteiger partial charge >= 0.3 is 0 Å². The van der Waals surface area contributed by atoms with Crippen LogP contribution < -0.4 is 0 Å². The molecule has 0 radical (unpaired) electrons. The summed E-state index contributed by atoms with van der Waals surface area (Å²) >= 11 is 0. The average molecular weight is 176 g/mol. The Balaban J connectivity index is 4.19. The Kier molecular flexibility index (Phi) is 4.65. The summed E-state index contributed by atoms with van der Waals surface area (Å²) in [7, 11) is 0. The van der Waals surface area contributed by atoms with Crippen LogP contribution >= 0.6 is 0 Å². The SMILES string of the molecule is CCC(O)C(O)C(=O)C(=O)CO. The van der Waals surface area contributed by atoms with Crippen LogP contribution in [-0.4, -0.2) is 45.7 Å². The number of carbonyl (C=O) groups is 2. The maximum Gasteiger partial charge on any atom is 0.231 e. The van der Waals surface area contributed by atoms with Gasteiger partial charge in [0, 0.05) is 0 Å². The van der Waals surface area contributed by atoms with Crippen LogP contribution in [0.15, 0.2) is 0 Å². The molecule has 70 valence electrons. The van der Waals surface area contributed by atoms with Gasteiger partial charge in [-0.2, -0.15) is 0 Å². The highest BCUT2D eigenvalue weighted by atomic mass is 16.3. The largest absolute Gasteiger partial charge is 0.390 e. The third-order valence-electron chi connectivity index (χ3n) is 1.47. The fourth-order valence-electron chi connectivity index (χ4n) is 0.641. The monoisotopic (exact) mass is 176 g/mol. The molecular weight excluding hydrogens is 164 g/mol. The van der Waals surface area contributed by atoms with E-state index in [2.05, 4.69) is 0 Å². The van der Waals surface area contributed by atoms with Crippen molar-refractivity contribution in [2.24, 2.45) is 0 Å². The minimum absolute atomic E-state index is 0.172. The fourth-order valence-corrected chi connectivity index (χ4v) is 0.641. The van der Waals surface area contributed by atoms with E-state index in [1.54, 1.807) is 6.92 Å². The number of aliphatic hydroxyl groups is 3.